The third-order valence-corrected chi connectivity index (χ3v) is 5.28. The van der Waals surface area contributed by atoms with Crippen molar-refractivity contribution in [3.05, 3.63) is 46.0 Å². The normalized spacial score (nSPS) is 26.3. The van der Waals surface area contributed by atoms with Gasteiger partial charge in [0.25, 0.3) is 0 Å². The average molecular weight is 374 g/mol. The van der Waals surface area contributed by atoms with Crippen LogP contribution in [0.15, 0.2) is 29.9 Å². The lowest BCUT2D eigenvalue weighted by molar-refractivity contribution is -0.0244. The minimum atomic E-state index is -1.18. The zero-order valence-electron chi connectivity index (χ0n) is 13.6. The fraction of sp³-hybridized carbons (Fsp3) is 0.294. The molecule has 4 atom stereocenters. The molecule has 5 N–H and O–H groups in total. The number of nitrogens with two attached hydrogens (primary N) is 1. The van der Waals surface area contributed by atoms with Gasteiger partial charge in [0, 0.05) is 10.4 Å². The first-order valence-electron chi connectivity index (χ1n) is 8.06. The topological polar surface area (TPSA) is 126 Å². The van der Waals surface area contributed by atoms with Crippen LogP contribution in [0.2, 0.25) is 0 Å². The predicted molar refractivity (Wildman–Crippen MR) is 97.4 cm³/mol. The van der Waals surface area contributed by atoms with Gasteiger partial charge >= 0.3 is 0 Å². The average Bonchev–Trinajstić information content (AvgIpc) is 3.34. The van der Waals surface area contributed by atoms with E-state index in [4.69, 9.17) is 10.5 Å². The molecule has 1 aliphatic rings. The van der Waals surface area contributed by atoms with Crippen LogP contribution in [0.4, 0.5) is 5.82 Å². The molecule has 136 valence electrons. The molecule has 1 aliphatic heterocycles. The Hall–Kier alpha value is -2.30. The van der Waals surface area contributed by atoms with E-state index in [1.807, 2.05) is 29.7 Å². The number of fused-ring (bicyclic) bond motifs is 1. The molecule has 4 rings (SSSR count). The number of nitrogens with zero attached hydrogens (tertiary/aromatic N) is 3. The molecule has 0 aliphatic carbocycles. The number of hydrogen-bond acceptors (Lipinski definition) is 8. The molecule has 0 radical (unpaired) electrons. The summed E-state index contributed by atoms with van der Waals surface area (Å²) in [5.74, 6) is 0.295. The summed E-state index contributed by atoms with van der Waals surface area (Å²) in [4.78, 5) is 5.12. The maximum absolute atomic E-state index is 10.3. The minimum absolute atomic E-state index is 0.295. The molecule has 9 heteroatoms. The lowest BCUT2D eigenvalue weighted by Gasteiger charge is -2.14. The lowest BCUT2D eigenvalue weighted by Crippen LogP contribution is -2.32. The van der Waals surface area contributed by atoms with Gasteiger partial charge in [0.05, 0.1) is 12.3 Å². The number of anilines is 1. The third-order valence-electron chi connectivity index (χ3n) is 4.44. The number of aromatic nitrogens is 3. The second kappa shape index (κ2) is 6.78. The molecule has 0 aromatic carbocycles. The Bertz CT molecular complexity index is 940. The van der Waals surface area contributed by atoms with Gasteiger partial charge in [-0.25, -0.2) is 9.50 Å². The summed E-state index contributed by atoms with van der Waals surface area (Å²) in [6, 6.07) is 5.75. The fourth-order valence-electron chi connectivity index (χ4n) is 3.15. The first kappa shape index (κ1) is 17.1. The largest absolute Gasteiger partial charge is 0.394 e. The van der Waals surface area contributed by atoms with Crippen LogP contribution in [-0.4, -0.2) is 54.8 Å². The molecular weight excluding hydrogens is 356 g/mol. The molecular formula is C17H18N4O4S. The van der Waals surface area contributed by atoms with E-state index >= 15 is 0 Å². The summed E-state index contributed by atoms with van der Waals surface area (Å²) >= 11 is 1.61. The van der Waals surface area contributed by atoms with Crippen LogP contribution in [0, 0.1) is 0 Å². The number of aliphatic hydroxyl groups is 3. The first-order valence-corrected chi connectivity index (χ1v) is 8.94. The number of ether oxygens (including phenoxy) is 1. The molecule has 4 heterocycles. The van der Waals surface area contributed by atoms with E-state index in [9.17, 15) is 15.3 Å². The van der Waals surface area contributed by atoms with Gasteiger partial charge in [0.2, 0.25) is 0 Å². The van der Waals surface area contributed by atoms with E-state index in [1.165, 1.54) is 6.33 Å². The first-order chi connectivity index (χ1) is 12.6. The van der Waals surface area contributed by atoms with Gasteiger partial charge < -0.3 is 25.8 Å². The van der Waals surface area contributed by atoms with E-state index in [2.05, 4.69) is 10.1 Å². The third kappa shape index (κ3) is 2.79. The summed E-state index contributed by atoms with van der Waals surface area (Å²) in [6.07, 6.45) is 1.10. The van der Waals surface area contributed by atoms with Gasteiger partial charge in [-0.05, 0) is 23.6 Å². The Morgan fingerprint density at radius 1 is 1.31 bits per heavy atom. The van der Waals surface area contributed by atoms with E-state index in [0.717, 1.165) is 10.4 Å². The minimum Gasteiger partial charge on any atom is -0.394 e. The van der Waals surface area contributed by atoms with E-state index in [0.29, 0.717) is 17.0 Å². The molecule has 8 nitrogen and oxygen atoms in total. The molecule has 1 saturated heterocycles. The van der Waals surface area contributed by atoms with Crippen LogP contribution in [0.5, 0.6) is 0 Å². The molecule has 3 aromatic rings. The monoisotopic (exact) mass is 374 g/mol. The predicted octanol–water partition coefficient (Wildman–Crippen LogP) is 0.697. The van der Waals surface area contributed by atoms with E-state index in [-0.39, 0.29) is 6.61 Å². The fourth-order valence-corrected chi connectivity index (χ4v) is 3.77. The van der Waals surface area contributed by atoms with Crippen molar-refractivity contribution in [3.63, 3.8) is 0 Å². The number of nitrogen functional groups attached to an aromatic ring is 1. The Morgan fingerprint density at radius 3 is 2.85 bits per heavy atom. The number of rotatable bonds is 4. The second-order valence-electron chi connectivity index (χ2n) is 6.04. The standard InChI is InChI=1S/C17H18N4O4S/c18-17-13-9(3-4-10-2-1-5-26-10)6-11(21(13)20-8-19-17)16-15(24)14(23)12(7-22)25-16/h1-6,8,12,14-16,22-24H,7H2,(H2,18,19,20)/b4-3+/t12-,14-,15-,16+/m1/s1. The molecule has 0 bridgehead atoms. The van der Waals surface area contributed by atoms with Gasteiger partial charge in [-0.3, -0.25) is 0 Å². The highest BCUT2D eigenvalue weighted by Gasteiger charge is 2.44. The van der Waals surface area contributed by atoms with Crippen molar-refractivity contribution in [1.29, 1.82) is 0 Å². The van der Waals surface area contributed by atoms with Gasteiger partial charge in [0.15, 0.2) is 5.82 Å². The Morgan fingerprint density at radius 2 is 2.15 bits per heavy atom. The quantitative estimate of drug-likeness (QED) is 0.529. The van der Waals surface area contributed by atoms with Crippen molar-refractivity contribution in [3.8, 4) is 0 Å². The van der Waals surface area contributed by atoms with Crippen LogP contribution in [-0.2, 0) is 4.74 Å². The Balaban J connectivity index is 1.80. The van der Waals surface area contributed by atoms with Crippen LogP contribution >= 0.6 is 11.3 Å². The van der Waals surface area contributed by atoms with Crippen molar-refractivity contribution in [2.45, 2.75) is 24.4 Å². The number of thiophene rings is 1. The Kier molecular flexibility index (Phi) is 4.47. The van der Waals surface area contributed by atoms with Crippen LogP contribution < -0.4 is 5.73 Å². The van der Waals surface area contributed by atoms with Crippen molar-refractivity contribution < 1.29 is 20.1 Å². The van der Waals surface area contributed by atoms with Crippen molar-refractivity contribution in [1.82, 2.24) is 14.6 Å². The summed E-state index contributed by atoms with van der Waals surface area (Å²) in [6.45, 7) is -0.389. The van der Waals surface area contributed by atoms with E-state index in [1.54, 1.807) is 21.9 Å². The van der Waals surface area contributed by atoms with Crippen LogP contribution in [0.1, 0.15) is 22.2 Å². The zero-order valence-corrected chi connectivity index (χ0v) is 14.5. The molecule has 26 heavy (non-hydrogen) atoms. The second-order valence-corrected chi connectivity index (χ2v) is 7.02. The SMILES string of the molecule is Nc1ncnn2c([C@@H]3O[C@H](CO)[C@@H](O)[C@H]3O)cc(/C=C/c3cccs3)c12. The smallest absolute Gasteiger partial charge is 0.151 e. The summed E-state index contributed by atoms with van der Waals surface area (Å²) in [7, 11) is 0. The molecule has 0 unspecified atom stereocenters. The van der Waals surface area contributed by atoms with Gasteiger partial charge in [-0.2, -0.15) is 5.10 Å². The number of hydrogen-bond donors (Lipinski definition) is 4. The molecule has 0 amide bonds. The lowest BCUT2D eigenvalue weighted by atomic mass is 10.1. The summed E-state index contributed by atoms with van der Waals surface area (Å²) in [5, 5.41) is 35.9. The van der Waals surface area contributed by atoms with Crippen molar-refractivity contribution in [2.24, 2.45) is 0 Å². The molecule has 0 spiro atoms. The molecule has 3 aromatic heterocycles. The van der Waals surface area contributed by atoms with Gasteiger partial charge in [-0.1, -0.05) is 12.1 Å². The molecule has 1 fully saturated rings. The van der Waals surface area contributed by atoms with Gasteiger partial charge in [0.1, 0.15) is 36.3 Å². The van der Waals surface area contributed by atoms with E-state index < -0.39 is 24.4 Å². The zero-order chi connectivity index (χ0) is 18.3. The highest BCUT2D eigenvalue weighted by molar-refractivity contribution is 7.10. The van der Waals surface area contributed by atoms with Crippen molar-refractivity contribution >= 4 is 34.8 Å². The van der Waals surface area contributed by atoms with Gasteiger partial charge in [-0.15, -0.1) is 11.3 Å². The molecule has 0 saturated carbocycles. The maximum Gasteiger partial charge on any atom is 0.151 e. The maximum atomic E-state index is 10.3. The summed E-state index contributed by atoms with van der Waals surface area (Å²) < 4.78 is 7.19. The number of aliphatic hydroxyl groups excluding tert-OH is 3. The highest BCUT2D eigenvalue weighted by atomic mass is 32.1. The summed E-state index contributed by atoms with van der Waals surface area (Å²) in [5.41, 5.74) is 7.93. The highest BCUT2D eigenvalue weighted by Crippen LogP contribution is 2.36. The van der Waals surface area contributed by atoms with Crippen LogP contribution in [0.25, 0.3) is 17.7 Å². The van der Waals surface area contributed by atoms with Crippen molar-refractivity contribution in [2.75, 3.05) is 12.3 Å². The van der Waals surface area contributed by atoms with Crippen LogP contribution in [0.3, 0.4) is 0 Å². The Labute approximate surface area is 152 Å².